The summed E-state index contributed by atoms with van der Waals surface area (Å²) in [7, 11) is 3.11. The fourth-order valence-corrected chi connectivity index (χ4v) is 2.56. The van der Waals surface area contributed by atoms with Crippen LogP contribution >= 0.6 is 0 Å². The average molecular weight is 339 g/mol. The molecule has 2 rings (SSSR count). The summed E-state index contributed by atoms with van der Waals surface area (Å²) in [6.07, 6.45) is -3.78. The summed E-state index contributed by atoms with van der Waals surface area (Å²) < 4.78 is 48.4. The van der Waals surface area contributed by atoms with Crippen molar-refractivity contribution in [2.45, 2.75) is 18.5 Å². The minimum absolute atomic E-state index is 0.0263. The largest absolute Gasteiger partial charge is 0.493 e. The Morgan fingerprint density at radius 3 is 2.08 bits per heavy atom. The lowest BCUT2D eigenvalue weighted by Crippen LogP contribution is -2.15. The highest BCUT2D eigenvalue weighted by molar-refractivity contribution is 5.44. The molecule has 0 aromatic heterocycles. The van der Waals surface area contributed by atoms with Gasteiger partial charge in [0.15, 0.2) is 11.5 Å². The van der Waals surface area contributed by atoms with Gasteiger partial charge in [0.1, 0.15) is 0 Å². The first-order chi connectivity index (χ1) is 11.4. The van der Waals surface area contributed by atoms with E-state index in [9.17, 15) is 13.2 Å². The number of ether oxygens (including phenoxy) is 2. The van der Waals surface area contributed by atoms with E-state index in [1.54, 1.807) is 20.3 Å². The van der Waals surface area contributed by atoms with E-state index in [-0.39, 0.29) is 5.92 Å². The first-order valence-electron chi connectivity index (χ1n) is 7.47. The lowest BCUT2D eigenvalue weighted by Gasteiger charge is -2.18. The van der Waals surface area contributed by atoms with Gasteiger partial charge in [0, 0.05) is 5.92 Å². The highest BCUT2D eigenvalue weighted by atomic mass is 19.4. The molecule has 3 nitrogen and oxygen atoms in total. The minimum atomic E-state index is -4.32. The van der Waals surface area contributed by atoms with Crippen LogP contribution in [-0.2, 0) is 12.6 Å². The quantitative estimate of drug-likeness (QED) is 0.865. The number of halogens is 3. The second-order valence-corrected chi connectivity index (χ2v) is 5.45. The second-order valence-electron chi connectivity index (χ2n) is 5.45. The monoisotopic (exact) mass is 339 g/mol. The third-order valence-electron chi connectivity index (χ3n) is 3.93. The maximum atomic E-state index is 12.6. The Labute approximate surface area is 139 Å². The van der Waals surface area contributed by atoms with Gasteiger partial charge in [-0.05, 0) is 48.4 Å². The standard InChI is InChI=1S/C18H20F3NO2/c1-23-16-8-5-13(10-17(16)24-2)14(11-22)9-12-3-6-15(7-4-12)18(19,20)21/h3-8,10,14H,9,11,22H2,1-2H3. The minimum Gasteiger partial charge on any atom is -0.493 e. The zero-order chi connectivity index (χ0) is 17.7. The molecule has 2 N–H and O–H groups in total. The lowest BCUT2D eigenvalue weighted by molar-refractivity contribution is -0.137. The molecule has 1 unspecified atom stereocenters. The van der Waals surface area contributed by atoms with Crippen LogP contribution in [0.1, 0.15) is 22.6 Å². The zero-order valence-electron chi connectivity index (χ0n) is 13.6. The molecule has 0 bridgehead atoms. The van der Waals surface area contributed by atoms with Crippen molar-refractivity contribution in [1.29, 1.82) is 0 Å². The molecule has 0 saturated carbocycles. The molecule has 130 valence electrons. The molecule has 24 heavy (non-hydrogen) atoms. The van der Waals surface area contributed by atoms with Crippen molar-refractivity contribution in [1.82, 2.24) is 0 Å². The maximum absolute atomic E-state index is 12.6. The van der Waals surface area contributed by atoms with Crippen molar-refractivity contribution in [2.24, 2.45) is 5.73 Å². The highest BCUT2D eigenvalue weighted by Gasteiger charge is 2.30. The van der Waals surface area contributed by atoms with Crippen LogP contribution in [0.15, 0.2) is 42.5 Å². The molecular weight excluding hydrogens is 319 g/mol. The second kappa shape index (κ2) is 7.57. The number of hydrogen-bond donors (Lipinski definition) is 1. The van der Waals surface area contributed by atoms with Gasteiger partial charge in [0.2, 0.25) is 0 Å². The summed E-state index contributed by atoms with van der Waals surface area (Å²) in [6, 6.07) is 10.7. The Morgan fingerprint density at radius 1 is 0.958 bits per heavy atom. The molecule has 0 heterocycles. The van der Waals surface area contributed by atoms with Gasteiger partial charge in [0.25, 0.3) is 0 Å². The third-order valence-corrected chi connectivity index (χ3v) is 3.93. The predicted octanol–water partition coefficient (Wildman–Crippen LogP) is 4.01. The highest BCUT2D eigenvalue weighted by Crippen LogP contribution is 2.33. The van der Waals surface area contributed by atoms with E-state index in [4.69, 9.17) is 15.2 Å². The molecule has 2 aromatic rings. The van der Waals surface area contributed by atoms with Crippen LogP contribution < -0.4 is 15.2 Å². The number of alkyl halides is 3. The van der Waals surface area contributed by atoms with Crippen molar-refractivity contribution in [3.05, 3.63) is 59.2 Å². The van der Waals surface area contributed by atoms with Crippen LogP contribution in [0, 0.1) is 0 Å². The number of benzene rings is 2. The van der Waals surface area contributed by atoms with Crippen molar-refractivity contribution < 1.29 is 22.6 Å². The summed E-state index contributed by atoms with van der Waals surface area (Å²) in [6.45, 7) is 0.372. The fourth-order valence-electron chi connectivity index (χ4n) is 2.56. The summed E-state index contributed by atoms with van der Waals surface area (Å²) in [5.41, 5.74) is 6.96. The number of rotatable bonds is 6. The van der Waals surface area contributed by atoms with Crippen LogP contribution in [0.4, 0.5) is 13.2 Å². The molecule has 0 aliphatic rings. The van der Waals surface area contributed by atoms with E-state index in [1.807, 2.05) is 12.1 Å². The van der Waals surface area contributed by atoms with E-state index in [0.717, 1.165) is 23.3 Å². The van der Waals surface area contributed by atoms with Crippen LogP contribution in [0.3, 0.4) is 0 Å². The van der Waals surface area contributed by atoms with Gasteiger partial charge in [-0.2, -0.15) is 13.2 Å². The van der Waals surface area contributed by atoms with Crippen LogP contribution in [-0.4, -0.2) is 20.8 Å². The molecule has 0 spiro atoms. The van der Waals surface area contributed by atoms with Crippen molar-refractivity contribution >= 4 is 0 Å². The number of methoxy groups -OCH3 is 2. The fraction of sp³-hybridized carbons (Fsp3) is 0.333. The predicted molar refractivity (Wildman–Crippen MR) is 86.5 cm³/mol. The van der Waals surface area contributed by atoms with Crippen LogP contribution in [0.2, 0.25) is 0 Å². The van der Waals surface area contributed by atoms with E-state index in [2.05, 4.69) is 0 Å². The summed E-state index contributed by atoms with van der Waals surface area (Å²) in [5, 5.41) is 0. The normalized spacial score (nSPS) is 12.8. The molecule has 0 fully saturated rings. The Kier molecular flexibility index (Phi) is 5.72. The van der Waals surface area contributed by atoms with Gasteiger partial charge in [-0.1, -0.05) is 18.2 Å². The summed E-state index contributed by atoms with van der Waals surface area (Å²) >= 11 is 0. The van der Waals surface area contributed by atoms with E-state index in [1.165, 1.54) is 12.1 Å². The smallest absolute Gasteiger partial charge is 0.416 e. The summed E-state index contributed by atoms with van der Waals surface area (Å²) in [4.78, 5) is 0. The van der Waals surface area contributed by atoms with Crippen LogP contribution in [0.25, 0.3) is 0 Å². The van der Waals surface area contributed by atoms with Gasteiger partial charge in [0.05, 0.1) is 19.8 Å². The number of hydrogen-bond acceptors (Lipinski definition) is 3. The maximum Gasteiger partial charge on any atom is 0.416 e. The molecule has 6 heteroatoms. The first-order valence-corrected chi connectivity index (χ1v) is 7.47. The number of nitrogens with two attached hydrogens (primary N) is 1. The topological polar surface area (TPSA) is 44.5 Å². The molecule has 0 saturated heterocycles. The molecule has 0 aliphatic carbocycles. The molecular formula is C18H20F3NO2. The molecule has 2 aromatic carbocycles. The molecule has 0 amide bonds. The molecule has 0 radical (unpaired) electrons. The van der Waals surface area contributed by atoms with Gasteiger partial charge in [-0.25, -0.2) is 0 Å². The zero-order valence-corrected chi connectivity index (χ0v) is 13.6. The van der Waals surface area contributed by atoms with Crippen molar-refractivity contribution in [3.8, 4) is 11.5 Å². The van der Waals surface area contributed by atoms with Crippen molar-refractivity contribution in [3.63, 3.8) is 0 Å². The van der Waals surface area contributed by atoms with Gasteiger partial charge in [-0.3, -0.25) is 0 Å². The average Bonchev–Trinajstić information content (AvgIpc) is 2.58. The lowest BCUT2D eigenvalue weighted by atomic mass is 9.91. The Morgan fingerprint density at radius 2 is 1.58 bits per heavy atom. The van der Waals surface area contributed by atoms with E-state index >= 15 is 0 Å². The molecule has 1 atom stereocenters. The van der Waals surface area contributed by atoms with Gasteiger partial charge in [-0.15, -0.1) is 0 Å². The first kappa shape index (κ1) is 18.1. The van der Waals surface area contributed by atoms with E-state index in [0.29, 0.717) is 24.5 Å². The Balaban J connectivity index is 2.20. The SMILES string of the molecule is COc1ccc(C(CN)Cc2ccc(C(F)(F)F)cc2)cc1OC. The van der Waals surface area contributed by atoms with Crippen molar-refractivity contribution in [2.75, 3.05) is 20.8 Å². The third kappa shape index (κ3) is 4.20. The molecule has 0 aliphatic heterocycles. The summed E-state index contributed by atoms with van der Waals surface area (Å²) in [5.74, 6) is 1.19. The van der Waals surface area contributed by atoms with Crippen LogP contribution in [0.5, 0.6) is 11.5 Å². The van der Waals surface area contributed by atoms with Gasteiger partial charge < -0.3 is 15.2 Å². The van der Waals surface area contributed by atoms with Gasteiger partial charge >= 0.3 is 6.18 Å². The van der Waals surface area contributed by atoms with E-state index < -0.39 is 11.7 Å². The Bertz CT molecular complexity index is 669. The Hall–Kier alpha value is -2.21.